The standard InChI is InChI=1S/C14H17BrN2O2S/c1-3-19-8(2)7-17-14(18)13-12(16)10-5-4-9(15)6-11(10)20-13/h4-6,8H,3,7,16H2,1-2H3,(H,17,18). The molecule has 0 radical (unpaired) electrons. The summed E-state index contributed by atoms with van der Waals surface area (Å²) in [5.41, 5.74) is 6.60. The maximum Gasteiger partial charge on any atom is 0.263 e. The van der Waals surface area contributed by atoms with Crippen molar-refractivity contribution in [2.75, 3.05) is 18.9 Å². The van der Waals surface area contributed by atoms with E-state index >= 15 is 0 Å². The molecule has 1 aromatic carbocycles. The minimum absolute atomic E-state index is 0.00584. The fourth-order valence-corrected chi connectivity index (χ4v) is 3.51. The van der Waals surface area contributed by atoms with E-state index in [4.69, 9.17) is 10.5 Å². The van der Waals surface area contributed by atoms with E-state index in [2.05, 4.69) is 21.2 Å². The van der Waals surface area contributed by atoms with Gasteiger partial charge in [-0.25, -0.2) is 0 Å². The second kappa shape index (κ2) is 6.56. The molecule has 1 heterocycles. The predicted molar refractivity (Wildman–Crippen MR) is 87.4 cm³/mol. The fraction of sp³-hybridized carbons (Fsp3) is 0.357. The van der Waals surface area contributed by atoms with Gasteiger partial charge < -0.3 is 15.8 Å². The molecule has 1 amide bonds. The van der Waals surface area contributed by atoms with Crippen LogP contribution in [0.1, 0.15) is 23.5 Å². The first-order chi connectivity index (χ1) is 9.52. The van der Waals surface area contributed by atoms with E-state index in [0.717, 1.165) is 14.6 Å². The molecule has 20 heavy (non-hydrogen) atoms. The van der Waals surface area contributed by atoms with Gasteiger partial charge >= 0.3 is 0 Å². The number of benzene rings is 1. The summed E-state index contributed by atoms with van der Waals surface area (Å²) in [7, 11) is 0. The van der Waals surface area contributed by atoms with Gasteiger partial charge in [0.05, 0.1) is 11.8 Å². The zero-order chi connectivity index (χ0) is 14.7. The van der Waals surface area contributed by atoms with Crippen molar-refractivity contribution in [3.63, 3.8) is 0 Å². The Morgan fingerprint density at radius 1 is 1.55 bits per heavy atom. The van der Waals surface area contributed by atoms with Gasteiger partial charge in [0, 0.05) is 27.7 Å². The third-order valence-electron chi connectivity index (χ3n) is 2.90. The van der Waals surface area contributed by atoms with E-state index in [1.807, 2.05) is 32.0 Å². The number of fused-ring (bicyclic) bond motifs is 1. The van der Waals surface area contributed by atoms with Crippen molar-refractivity contribution in [2.45, 2.75) is 20.0 Å². The van der Waals surface area contributed by atoms with Crippen molar-refractivity contribution in [1.29, 1.82) is 0 Å². The molecule has 108 valence electrons. The van der Waals surface area contributed by atoms with Crippen LogP contribution in [0.4, 0.5) is 5.69 Å². The molecular formula is C14H17BrN2O2S. The molecule has 0 aliphatic heterocycles. The Balaban J connectivity index is 2.16. The lowest BCUT2D eigenvalue weighted by atomic mass is 10.2. The van der Waals surface area contributed by atoms with E-state index < -0.39 is 0 Å². The average molecular weight is 357 g/mol. The number of amides is 1. The zero-order valence-corrected chi connectivity index (χ0v) is 13.8. The molecule has 0 aliphatic carbocycles. The normalized spacial score (nSPS) is 12.6. The summed E-state index contributed by atoms with van der Waals surface area (Å²) in [6.45, 7) is 4.97. The second-order valence-electron chi connectivity index (χ2n) is 4.46. The number of carbonyl (C=O) groups excluding carboxylic acids is 1. The minimum atomic E-state index is -0.147. The largest absolute Gasteiger partial charge is 0.397 e. The number of hydrogen-bond donors (Lipinski definition) is 2. The molecule has 3 N–H and O–H groups in total. The topological polar surface area (TPSA) is 64.3 Å². The lowest BCUT2D eigenvalue weighted by Gasteiger charge is -2.12. The Labute approximate surface area is 130 Å². The van der Waals surface area contributed by atoms with Crippen LogP contribution in [0, 0.1) is 0 Å². The van der Waals surface area contributed by atoms with Crippen LogP contribution in [-0.4, -0.2) is 25.2 Å². The minimum Gasteiger partial charge on any atom is -0.397 e. The van der Waals surface area contributed by atoms with E-state index in [9.17, 15) is 4.79 Å². The summed E-state index contributed by atoms with van der Waals surface area (Å²) < 4.78 is 7.36. The quantitative estimate of drug-likeness (QED) is 0.862. The van der Waals surface area contributed by atoms with Gasteiger partial charge in [0.2, 0.25) is 0 Å². The van der Waals surface area contributed by atoms with Crippen LogP contribution in [0.5, 0.6) is 0 Å². The van der Waals surface area contributed by atoms with Crippen LogP contribution in [0.15, 0.2) is 22.7 Å². The Hall–Kier alpha value is -1.11. The number of ether oxygens (including phenoxy) is 1. The van der Waals surface area contributed by atoms with Crippen LogP contribution in [-0.2, 0) is 4.74 Å². The van der Waals surface area contributed by atoms with E-state index in [1.165, 1.54) is 11.3 Å². The summed E-state index contributed by atoms with van der Waals surface area (Å²) in [5, 5.41) is 3.77. The number of anilines is 1. The van der Waals surface area contributed by atoms with Gasteiger partial charge in [-0.2, -0.15) is 0 Å². The number of rotatable bonds is 5. The molecule has 0 aliphatic rings. The summed E-state index contributed by atoms with van der Waals surface area (Å²) >= 11 is 4.82. The fourth-order valence-electron chi connectivity index (χ4n) is 1.92. The first-order valence-corrected chi connectivity index (χ1v) is 8.01. The molecule has 2 aromatic rings. The predicted octanol–water partition coefficient (Wildman–Crippen LogP) is 3.40. The Kier molecular flexibility index (Phi) is 5.01. The van der Waals surface area contributed by atoms with E-state index in [-0.39, 0.29) is 12.0 Å². The molecule has 1 unspecified atom stereocenters. The number of nitrogen functional groups attached to an aromatic ring is 1. The first-order valence-electron chi connectivity index (χ1n) is 6.40. The smallest absolute Gasteiger partial charge is 0.263 e. The number of hydrogen-bond acceptors (Lipinski definition) is 4. The van der Waals surface area contributed by atoms with Crippen LogP contribution >= 0.6 is 27.3 Å². The van der Waals surface area contributed by atoms with Gasteiger partial charge in [-0.3, -0.25) is 4.79 Å². The third kappa shape index (κ3) is 3.31. The maximum absolute atomic E-state index is 12.2. The molecule has 1 atom stereocenters. The molecule has 0 fully saturated rings. The number of halogens is 1. The van der Waals surface area contributed by atoms with Gasteiger partial charge in [-0.15, -0.1) is 11.3 Å². The van der Waals surface area contributed by atoms with Gasteiger partial charge in [0.15, 0.2) is 0 Å². The van der Waals surface area contributed by atoms with Crippen LogP contribution in [0.25, 0.3) is 10.1 Å². The van der Waals surface area contributed by atoms with Gasteiger partial charge in [0.1, 0.15) is 4.88 Å². The molecule has 1 aromatic heterocycles. The third-order valence-corrected chi connectivity index (χ3v) is 4.56. The van der Waals surface area contributed by atoms with Gasteiger partial charge in [0.25, 0.3) is 5.91 Å². The Morgan fingerprint density at radius 2 is 2.30 bits per heavy atom. The Bertz CT molecular complexity index is 627. The lowest BCUT2D eigenvalue weighted by Crippen LogP contribution is -2.32. The lowest BCUT2D eigenvalue weighted by molar-refractivity contribution is 0.0697. The molecule has 0 saturated carbocycles. The highest BCUT2D eigenvalue weighted by atomic mass is 79.9. The summed E-state index contributed by atoms with van der Waals surface area (Å²) in [6.07, 6.45) is -0.00584. The van der Waals surface area contributed by atoms with Crippen molar-refractivity contribution >= 4 is 48.9 Å². The highest BCUT2D eigenvalue weighted by molar-refractivity contribution is 9.10. The highest BCUT2D eigenvalue weighted by Crippen LogP contribution is 2.35. The van der Waals surface area contributed by atoms with E-state index in [0.29, 0.717) is 23.7 Å². The number of carbonyl (C=O) groups is 1. The summed E-state index contributed by atoms with van der Waals surface area (Å²) in [4.78, 5) is 12.7. The first kappa shape index (κ1) is 15.3. The van der Waals surface area contributed by atoms with Gasteiger partial charge in [-0.1, -0.05) is 22.0 Å². The highest BCUT2D eigenvalue weighted by Gasteiger charge is 2.16. The number of nitrogens with one attached hydrogen (secondary N) is 1. The monoisotopic (exact) mass is 356 g/mol. The van der Waals surface area contributed by atoms with Crippen molar-refractivity contribution in [3.8, 4) is 0 Å². The van der Waals surface area contributed by atoms with Crippen LogP contribution in [0.3, 0.4) is 0 Å². The molecule has 0 spiro atoms. The number of nitrogens with two attached hydrogens (primary N) is 1. The van der Waals surface area contributed by atoms with Crippen LogP contribution in [0.2, 0.25) is 0 Å². The molecule has 0 bridgehead atoms. The van der Waals surface area contributed by atoms with Crippen molar-refractivity contribution in [3.05, 3.63) is 27.5 Å². The Morgan fingerprint density at radius 3 is 3.00 bits per heavy atom. The molecule has 4 nitrogen and oxygen atoms in total. The molecule has 2 rings (SSSR count). The maximum atomic E-state index is 12.2. The SMILES string of the molecule is CCOC(C)CNC(=O)c1sc2cc(Br)ccc2c1N. The van der Waals surface area contributed by atoms with Gasteiger partial charge in [-0.05, 0) is 26.0 Å². The average Bonchev–Trinajstić information content (AvgIpc) is 2.73. The van der Waals surface area contributed by atoms with E-state index in [1.54, 1.807) is 0 Å². The van der Waals surface area contributed by atoms with Crippen molar-refractivity contribution in [2.24, 2.45) is 0 Å². The molecule has 6 heteroatoms. The second-order valence-corrected chi connectivity index (χ2v) is 6.43. The van der Waals surface area contributed by atoms with Crippen molar-refractivity contribution < 1.29 is 9.53 Å². The summed E-state index contributed by atoms with van der Waals surface area (Å²) in [5.74, 6) is -0.147. The molecule has 0 saturated heterocycles. The molecular weight excluding hydrogens is 340 g/mol. The summed E-state index contributed by atoms with van der Waals surface area (Å²) in [6, 6.07) is 5.81. The van der Waals surface area contributed by atoms with Crippen LogP contribution < -0.4 is 11.1 Å². The number of thiophene rings is 1. The van der Waals surface area contributed by atoms with Crippen molar-refractivity contribution in [1.82, 2.24) is 5.32 Å². The zero-order valence-electron chi connectivity index (χ0n) is 11.4.